The summed E-state index contributed by atoms with van der Waals surface area (Å²) < 4.78 is 4.96. The average molecular weight is 240 g/mol. The third kappa shape index (κ3) is 4.68. The average Bonchev–Trinajstić information content (AvgIpc) is 2.26. The van der Waals surface area contributed by atoms with Crippen LogP contribution >= 0.6 is 11.8 Å². The molecule has 1 aromatic rings. The Morgan fingerprint density at radius 2 is 2.06 bits per heavy atom. The fourth-order valence-electron chi connectivity index (χ4n) is 1.36. The lowest BCUT2D eigenvalue weighted by molar-refractivity contribution is -0.136. The maximum absolute atomic E-state index is 10.7. The molecule has 0 atom stereocenters. The number of thioether (sulfide) groups is 1. The smallest absolute Gasteiger partial charge is 0.307 e. The summed E-state index contributed by atoms with van der Waals surface area (Å²) in [6, 6.07) is 7.68. The molecular formula is C12H16O3S. The largest absolute Gasteiger partial charge is 0.481 e. The van der Waals surface area contributed by atoms with Gasteiger partial charge >= 0.3 is 5.97 Å². The molecule has 1 aromatic carbocycles. The van der Waals surface area contributed by atoms with Gasteiger partial charge in [-0.2, -0.15) is 11.8 Å². The number of rotatable bonds is 7. The van der Waals surface area contributed by atoms with E-state index in [-0.39, 0.29) is 6.42 Å². The lowest BCUT2D eigenvalue weighted by atomic mass is 10.1. The molecular weight excluding hydrogens is 224 g/mol. The van der Waals surface area contributed by atoms with Gasteiger partial charge in [-0.15, -0.1) is 0 Å². The minimum absolute atomic E-state index is 0.0982. The first-order valence-electron chi connectivity index (χ1n) is 5.09. The van der Waals surface area contributed by atoms with Crippen LogP contribution in [-0.4, -0.2) is 30.5 Å². The van der Waals surface area contributed by atoms with Gasteiger partial charge in [0, 0.05) is 18.6 Å². The molecule has 0 bridgehead atoms. The molecule has 0 unspecified atom stereocenters. The molecule has 16 heavy (non-hydrogen) atoms. The summed E-state index contributed by atoms with van der Waals surface area (Å²) in [6.45, 7) is 0.728. The van der Waals surface area contributed by atoms with Crippen molar-refractivity contribution >= 4 is 17.7 Å². The van der Waals surface area contributed by atoms with Crippen LogP contribution in [0.1, 0.15) is 11.1 Å². The molecule has 0 spiro atoms. The van der Waals surface area contributed by atoms with Crippen molar-refractivity contribution in [1.29, 1.82) is 0 Å². The summed E-state index contributed by atoms with van der Waals surface area (Å²) in [7, 11) is 1.68. The molecule has 0 heterocycles. The zero-order chi connectivity index (χ0) is 11.8. The van der Waals surface area contributed by atoms with E-state index in [9.17, 15) is 4.79 Å². The van der Waals surface area contributed by atoms with Gasteiger partial charge in [-0.1, -0.05) is 24.3 Å². The van der Waals surface area contributed by atoms with Crippen molar-refractivity contribution in [2.45, 2.75) is 12.2 Å². The summed E-state index contributed by atoms with van der Waals surface area (Å²) in [6.07, 6.45) is 0.0982. The Balaban J connectivity index is 2.53. The quantitative estimate of drug-likeness (QED) is 0.742. The first-order valence-corrected chi connectivity index (χ1v) is 6.24. The van der Waals surface area contributed by atoms with Gasteiger partial charge in [0.25, 0.3) is 0 Å². The van der Waals surface area contributed by atoms with E-state index in [1.807, 2.05) is 24.3 Å². The van der Waals surface area contributed by atoms with Crippen molar-refractivity contribution < 1.29 is 14.6 Å². The van der Waals surface area contributed by atoms with Crippen LogP contribution in [0.4, 0.5) is 0 Å². The molecule has 0 aliphatic rings. The SMILES string of the molecule is COCCSCc1ccccc1CC(=O)O. The molecule has 0 aliphatic heterocycles. The normalized spacial score (nSPS) is 10.3. The predicted octanol–water partition coefficient (Wildman–Crippen LogP) is 2.19. The number of methoxy groups -OCH3 is 1. The summed E-state index contributed by atoms with van der Waals surface area (Å²) >= 11 is 1.75. The third-order valence-electron chi connectivity index (χ3n) is 2.15. The van der Waals surface area contributed by atoms with E-state index in [0.717, 1.165) is 29.2 Å². The second-order valence-electron chi connectivity index (χ2n) is 3.38. The molecule has 3 nitrogen and oxygen atoms in total. The Kier molecular flexibility index (Phi) is 5.96. The Bertz CT molecular complexity index is 339. The van der Waals surface area contributed by atoms with Gasteiger partial charge in [0.05, 0.1) is 13.0 Å². The monoisotopic (exact) mass is 240 g/mol. The summed E-state index contributed by atoms with van der Waals surface area (Å²) in [5.41, 5.74) is 2.01. The van der Waals surface area contributed by atoms with Crippen LogP contribution < -0.4 is 0 Å². The number of carboxylic acids is 1. The minimum atomic E-state index is -0.783. The van der Waals surface area contributed by atoms with Crippen molar-refractivity contribution in [2.24, 2.45) is 0 Å². The second kappa shape index (κ2) is 7.30. The van der Waals surface area contributed by atoms with Crippen LogP contribution in [0.5, 0.6) is 0 Å². The second-order valence-corrected chi connectivity index (χ2v) is 4.49. The molecule has 88 valence electrons. The van der Waals surface area contributed by atoms with Gasteiger partial charge < -0.3 is 9.84 Å². The summed E-state index contributed by atoms with van der Waals surface area (Å²) in [4.78, 5) is 10.7. The molecule has 0 saturated heterocycles. The molecule has 0 amide bonds. The molecule has 0 aliphatic carbocycles. The Morgan fingerprint density at radius 3 is 2.69 bits per heavy atom. The van der Waals surface area contributed by atoms with Gasteiger partial charge in [0.15, 0.2) is 0 Å². The van der Waals surface area contributed by atoms with Crippen LogP contribution in [0, 0.1) is 0 Å². The van der Waals surface area contributed by atoms with E-state index < -0.39 is 5.97 Å². The zero-order valence-corrected chi connectivity index (χ0v) is 10.1. The van der Waals surface area contributed by atoms with E-state index in [1.54, 1.807) is 18.9 Å². The highest BCUT2D eigenvalue weighted by Gasteiger charge is 2.05. The third-order valence-corrected chi connectivity index (χ3v) is 3.12. The van der Waals surface area contributed by atoms with E-state index in [4.69, 9.17) is 9.84 Å². The number of aliphatic carboxylic acids is 1. The van der Waals surface area contributed by atoms with Crippen LogP contribution in [-0.2, 0) is 21.7 Å². The van der Waals surface area contributed by atoms with Crippen molar-refractivity contribution in [2.75, 3.05) is 19.5 Å². The summed E-state index contributed by atoms with van der Waals surface area (Å²) in [5.74, 6) is 0.986. The number of benzene rings is 1. The highest BCUT2D eigenvalue weighted by atomic mass is 32.2. The lowest BCUT2D eigenvalue weighted by Gasteiger charge is -2.07. The van der Waals surface area contributed by atoms with E-state index >= 15 is 0 Å². The van der Waals surface area contributed by atoms with Crippen LogP contribution in [0.25, 0.3) is 0 Å². The van der Waals surface area contributed by atoms with Gasteiger partial charge in [-0.25, -0.2) is 0 Å². The van der Waals surface area contributed by atoms with Crippen LogP contribution in [0.15, 0.2) is 24.3 Å². The minimum Gasteiger partial charge on any atom is -0.481 e. The fraction of sp³-hybridized carbons (Fsp3) is 0.417. The highest BCUT2D eigenvalue weighted by molar-refractivity contribution is 7.98. The van der Waals surface area contributed by atoms with Gasteiger partial charge in [0.1, 0.15) is 0 Å². The van der Waals surface area contributed by atoms with Gasteiger partial charge in [0.2, 0.25) is 0 Å². The lowest BCUT2D eigenvalue weighted by Crippen LogP contribution is -2.03. The molecule has 0 saturated carbocycles. The first kappa shape index (κ1) is 13.1. The van der Waals surface area contributed by atoms with Crippen molar-refractivity contribution in [3.05, 3.63) is 35.4 Å². The molecule has 0 aromatic heterocycles. The molecule has 0 fully saturated rings. The maximum atomic E-state index is 10.7. The van der Waals surface area contributed by atoms with E-state index in [1.165, 1.54) is 0 Å². The standard InChI is InChI=1S/C12H16O3S/c1-15-6-7-16-9-11-5-3-2-4-10(11)8-12(13)14/h2-5H,6-9H2,1H3,(H,13,14). The summed E-state index contributed by atoms with van der Waals surface area (Å²) in [5, 5.41) is 8.77. The van der Waals surface area contributed by atoms with E-state index in [0.29, 0.717) is 0 Å². The maximum Gasteiger partial charge on any atom is 0.307 e. The molecule has 0 radical (unpaired) electrons. The topological polar surface area (TPSA) is 46.5 Å². The fourth-order valence-corrected chi connectivity index (χ4v) is 2.29. The van der Waals surface area contributed by atoms with Gasteiger partial charge in [-0.3, -0.25) is 4.79 Å². The molecule has 4 heteroatoms. The molecule has 1 N–H and O–H groups in total. The number of hydrogen-bond acceptors (Lipinski definition) is 3. The number of carboxylic acid groups (broad SMARTS) is 1. The Labute approximate surface area is 99.8 Å². The Hall–Kier alpha value is -1.00. The highest BCUT2D eigenvalue weighted by Crippen LogP contribution is 2.17. The van der Waals surface area contributed by atoms with Crippen LogP contribution in [0.2, 0.25) is 0 Å². The Morgan fingerprint density at radius 1 is 1.38 bits per heavy atom. The number of carbonyl (C=O) groups is 1. The number of ether oxygens (including phenoxy) is 1. The molecule has 1 rings (SSSR count). The van der Waals surface area contributed by atoms with Crippen LogP contribution in [0.3, 0.4) is 0 Å². The van der Waals surface area contributed by atoms with Crippen molar-refractivity contribution in [1.82, 2.24) is 0 Å². The predicted molar refractivity (Wildman–Crippen MR) is 65.8 cm³/mol. The van der Waals surface area contributed by atoms with Crippen molar-refractivity contribution in [3.8, 4) is 0 Å². The van der Waals surface area contributed by atoms with Crippen molar-refractivity contribution in [3.63, 3.8) is 0 Å². The zero-order valence-electron chi connectivity index (χ0n) is 9.31. The first-order chi connectivity index (χ1) is 7.74. The van der Waals surface area contributed by atoms with Gasteiger partial charge in [-0.05, 0) is 11.1 Å². The van der Waals surface area contributed by atoms with E-state index in [2.05, 4.69) is 0 Å². The number of hydrogen-bond donors (Lipinski definition) is 1.